The third kappa shape index (κ3) is 6.12. The van der Waals surface area contributed by atoms with Crippen LogP contribution >= 0.6 is 0 Å². The number of rotatable bonds is 8. The topological polar surface area (TPSA) is 41.6 Å². The van der Waals surface area contributed by atoms with Gasteiger partial charge >= 0.3 is 0 Å². The molecular formula is C17H27FN2O2. The second kappa shape index (κ2) is 8.86. The summed E-state index contributed by atoms with van der Waals surface area (Å²) in [6.07, 6.45) is -0.488. The van der Waals surface area contributed by atoms with Gasteiger partial charge in [-0.05, 0) is 44.6 Å². The van der Waals surface area contributed by atoms with Gasteiger partial charge in [-0.1, -0.05) is 26.0 Å². The lowest BCUT2D eigenvalue weighted by atomic mass is 10.1. The molecule has 0 spiro atoms. The largest absolute Gasteiger partial charge is 0.368 e. The minimum atomic E-state index is -0.488. The molecular weight excluding hydrogens is 283 g/mol. The fraction of sp³-hybridized carbons (Fsp3) is 0.588. The molecule has 4 nitrogen and oxygen atoms in total. The number of hydrogen-bond donors (Lipinski definition) is 1. The molecule has 1 rings (SSSR count). The summed E-state index contributed by atoms with van der Waals surface area (Å²) in [5, 5.41) is 2.88. The Morgan fingerprint density at radius 1 is 1.32 bits per heavy atom. The summed E-state index contributed by atoms with van der Waals surface area (Å²) in [4.78, 5) is 14.0. The Morgan fingerprint density at radius 2 is 2.00 bits per heavy atom. The summed E-state index contributed by atoms with van der Waals surface area (Å²) in [6.45, 7) is 6.78. The molecule has 0 aliphatic carbocycles. The molecule has 1 aromatic carbocycles. The monoisotopic (exact) mass is 310 g/mol. The highest BCUT2D eigenvalue weighted by molar-refractivity contribution is 5.80. The zero-order chi connectivity index (χ0) is 16.7. The smallest absolute Gasteiger partial charge is 0.248 e. The molecule has 0 heterocycles. The minimum absolute atomic E-state index is 0.0862. The molecule has 0 fully saturated rings. The summed E-state index contributed by atoms with van der Waals surface area (Å²) >= 11 is 0. The SMILES string of the molecule is CC(C)CO[C@@H](C)C(=O)NC[C@H](c1cccc(F)c1)N(C)C. The number of benzene rings is 1. The van der Waals surface area contributed by atoms with Crippen molar-refractivity contribution < 1.29 is 13.9 Å². The lowest BCUT2D eigenvalue weighted by Crippen LogP contribution is -2.40. The lowest BCUT2D eigenvalue weighted by Gasteiger charge is -2.26. The average molecular weight is 310 g/mol. The fourth-order valence-electron chi connectivity index (χ4n) is 2.07. The van der Waals surface area contributed by atoms with E-state index in [4.69, 9.17) is 4.74 Å². The van der Waals surface area contributed by atoms with Crippen LogP contribution in [0.4, 0.5) is 4.39 Å². The van der Waals surface area contributed by atoms with Gasteiger partial charge in [0.2, 0.25) is 5.91 Å². The minimum Gasteiger partial charge on any atom is -0.368 e. The Bertz CT molecular complexity index is 477. The van der Waals surface area contributed by atoms with Crippen LogP contribution in [0.1, 0.15) is 32.4 Å². The van der Waals surface area contributed by atoms with Crippen LogP contribution in [0, 0.1) is 11.7 Å². The quantitative estimate of drug-likeness (QED) is 0.802. The van der Waals surface area contributed by atoms with Crippen LogP contribution < -0.4 is 5.32 Å². The van der Waals surface area contributed by atoms with E-state index in [9.17, 15) is 9.18 Å². The van der Waals surface area contributed by atoms with Gasteiger partial charge in [0, 0.05) is 13.2 Å². The van der Waals surface area contributed by atoms with Crippen LogP contribution in [-0.4, -0.2) is 44.2 Å². The van der Waals surface area contributed by atoms with Crippen molar-refractivity contribution in [2.24, 2.45) is 5.92 Å². The number of nitrogens with one attached hydrogen (secondary N) is 1. The van der Waals surface area contributed by atoms with Crippen LogP contribution in [0.3, 0.4) is 0 Å². The van der Waals surface area contributed by atoms with E-state index < -0.39 is 6.10 Å². The maximum absolute atomic E-state index is 13.4. The molecule has 5 heteroatoms. The molecule has 22 heavy (non-hydrogen) atoms. The van der Waals surface area contributed by atoms with E-state index in [1.165, 1.54) is 12.1 Å². The predicted octanol–water partition coefficient (Wildman–Crippen LogP) is 2.61. The molecule has 1 aromatic rings. The number of carbonyl (C=O) groups excluding carboxylic acids is 1. The molecule has 0 aliphatic rings. The predicted molar refractivity (Wildman–Crippen MR) is 86.1 cm³/mol. The highest BCUT2D eigenvalue weighted by Crippen LogP contribution is 2.18. The van der Waals surface area contributed by atoms with E-state index >= 15 is 0 Å². The van der Waals surface area contributed by atoms with Crippen LogP contribution in [0.5, 0.6) is 0 Å². The van der Waals surface area contributed by atoms with Crippen molar-refractivity contribution in [3.05, 3.63) is 35.6 Å². The van der Waals surface area contributed by atoms with Crippen LogP contribution in [0.15, 0.2) is 24.3 Å². The molecule has 2 atom stereocenters. The van der Waals surface area contributed by atoms with Gasteiger partial charge in [0.15, 0.2) is 0 Å². The van der Waals surface area contributed by atoms with Crippen molar-refractivity contribution in [1.29, 1.82) is 0 Å². The number of nitrogens with zero attached hydrogens (tertiary/aromatic N) is 1. The van der Waals surface area contributed by atoms with Crippen LogP contribution in [0.2, 0.25) is 0 Å². The summed E-state index contributed by atoms with van der Waals surface area (Å²) in [5.74, 6) is -0.0368. The first-order valence-corrected chi connectivity index (χ1v) is 7.62. The van der Waals surface area contributed by atoms with E-state index in [2.05, 4.69) is 5.32 Å². The van der Waals surface area contributed by atoms with Crippen LogP contribution in [-0.2, 0) is 9.53 Å². The summed E-state index contributed by atoms with van der Waals surface area (Å²) < 4.78 is 18.9. The molecule has 1 amide bonds. The Kier molecular flexibility index (Phi) is 7.48. The number of carbonyl (C=O) groups is 1. The van der Waals surface area contributed by atoms with Crippen molar-refractivity contribution in [2.75, 3.05) is 27.2 Å². The number of ether oxygens (including phenoxy) is 1. The standard InChI is InChI=1S/C17H27FN2O2/c1-12(2)11-22-13(3)17(21)19-10-16(20(4)5)14-7-6-8-15(18)9-14/h6-9,12-13,16H,10-11H2,1-5H3,(H,19,21)/t13-,16+/m0/s1. The third-order valence-electron chi connectivity index (χ3n) is 3.38. The Morgan fingerprint density at radius 3 is 2.55 bits per heavy atom. The summed E-state index contributed by atoms with van der Waals surface area (Å²) in [5.41, 5.74) is 0.834. The molecule has 0 aliphatic heterocycles. The third-order valence-corrected chi connectivity index (χ3v) is 3.38. The van der Waals surface area contributed by atoms with Crippen molar-refractivity contribution in [1.82, 2.24) is 10.2 Å². The van der Waals surface area contributed by atoms with Crippen molar-refractivity contribution in [2.45, 2.75) is 32.9 Å². The van der Waals surface area contributed by atoms with Gasteiger partial charge < -0.3 is 15.0 Å². The van der Waals surface area contributed by atoms with Crippen molar-refractivity contribution in [3.63, 3.8) is 0 Å². The zero-order valence-electron chi connectivity index (χ0n) is 14.1. The molecule has 0 radical (unpaired) electrons. The Hall–Kier alpha value is -1.46. The maximum Gasteiger partial charge on any atom is 0.248 e. The summed E-state index contributed by atoms with van der Waals surface area (Å²) in [6, 6.07) is 6.36. The number of hydrogen-bond acceptors (Lipinski definition) is 3. The highest BCUT2D eigenvalue weighted by atomic mass is 19.1. The first-order chi connectivity index (χ1) is 10.3. The second-order valence-electron chi connectivity index (χ2n) is 6.15. The van der Waals surface area contributed by atoms with Gasteiger partial charge in [-0.2, -0.15) is 0 Å². The molecule has 0 aromatic heterocycles. The molecule has 124 valence electrons. The molecule has 0 saturated heterocycles. The van der Waals surface area contributed by atoms with Crippen LogP contribution in [0.25, 0.3) is 0 Å². The van der Waals surface area contributed by atoms with E-state index in [-0.39, 0.29) is 17.8 Å². The molecule has 0 unspecified atom stereocenters. The zero-order valence-corrected chi connectivity index (χ0v) is 14.1. The van der Waals surface area contributed by atoms with Gasteiger partial charge in [-0.3, -0.25) is 4.79 Å². The van der Waals surface area contributed by atoms with Gasteiger partial charge in [0.1, 0.15) is 11.9 Å². The summed E-state index contributed by atoms with van der Waals surface area (Å²) in [7, 11) is 3.81. The van der Waals surface area contributed by atoms with Gasteiger partial charge in [0.25, 0.3) is 0 Å². The van der Waals surface area contributed by atoms with Gasteiger partial charge in [-0.15, -0.1) is 0 Å². The first-order valence-electron chi connectivity index (χ1n) is 7.62. The normalized spacial score (nSPS) is 14.2. The number of likely N-dealkylation sites (N-methyl/N-ethyl adjacent to an activating group) is 1. The number of amides is 1. The molecule has 0 bridgehead atoms. The van der Waals surface area contributed by atoms with Gasteiger partial charge in [-0.25, -0.2) is 4.39 Å². The van der Waals surface area contributed by atoms with Crippen molar-refractivity contribution in [3.8, 4) is 0 Å². The van der Waals surface area contributed by atoms with Crippen molar-refractivity contribution >= 4 is 5.91 Å². The molecule has 0 saturated carbocycles. The maximum atomic E-state index is 13.4. The highest BCUT2D eigenvalue weighted by Gasteiger charge is 2.19. The van der Waals surface area contributed by atoms with E-state index in [1.807, 2.05) is 38.9 Å². The lowest BCUT2D eigenvalue weighted by molar-refractivity contribution is -0.132. The average Bonchev–Trinajstić information content (AvgIpc) is 2.44. The fourth-order valence-corrected chi connectivity index (χ4v) is 2.07. The second-order valence-corrected chi connectivity index (χ2v) is 6.15. The van der Waals surface area contributed by atoms with E-state index in [1.54, 1.807) is 13.0 Å². The Balaban J connectivity index is 2.60. The first kappa shape index (κ1) is 18.6. The van der Waals surface area contributed by atoms with E-state index in [0.29, 0.717) is 19.1 Å². The number of halogens is 1. The molecule has 1 N–H and O–H groups in total. The van der Waals surface area contributed by atoms with E-state index in [0.717, 1.165) is 5.56 Å². The van der Waals surface area contributed by atoms with Gasteiger partial charge in [0.05, 0.1) is 6.04 Å². The Labute approximate surface area is 132 Å².